The Morgan fingerprint density at radius 3 is 2.68 bits per heavy atom. The van der Waals surface area contributed by atoms with E-state index in [0.29, 0.717) is 38.5 Å². The van der Waals surface area contributed by atoms with Gasteiger partial charge in [0.15, 0.2) is 0 Å². The summed E-state index contributed by atoms with van der Waals surface area (Å²) in [7, 11) is -3.19. The van der Waals surface area contributed by atoms with Gasteiger partial charge in [-0.2, -0.15) is 4.31 Å². The molecule has 0 bridgehead atoms. The molecule has 0 radical (unpaired) electrons. The van der Waals surface area contributed by atoms with Crippen LogP contribution in [0.3, 0.4) is 0 Å². The molecule has 0 aromatic heterocycles. The van der Waals surface area contributed by atoms with Gasteiger partial charge in [-0.05, 0) is 25.2 Å². The number of halogens is 1. The number of amides is 1. The summed E-state index contributed by atoms with van der Waals surface area (Å²) in [6.45, 7) is 6.98. The molecule has 2 aliphatic heterocycles. The molecule has 1 atom stereocenters. The van der Waals surface area contributed by atoms with Crippen molar-refractivity contribution in [1.82, 2.24) is 14.5 Å². The lowest BCUT2D eigenvalue weighted by Crippen LogP contribution is -2.57. The number of nitrogens with one attached hydrogen (secondary N) is 1. The quantitative estimate of drug-likeness (QED) is 0.789. The molecule has 0 spiro atoms. The molecule has 6 nitrogen and oxygen atoms in total. The Kier molecular flexibility index (Phi) is 7.58. The minimum absolute atomic E-state index is 0. The third kappa shape index (κ3) is 5.08. The van der Waals surface area contributed by atoms with Crippen LogP contribution >= 0.6 is 12.4 Å². The highest BCUT2D eigenvalue weighted by atomic mass is 35.5. The Morgan fingerprint density at radius 1 is 1.32 bits per heavy atom. The molecule has 0 saturated carbocycles. The number of nitrogens with zero attached hydrogens (tertiary/aromatic N) is 2. The zero-order valence-electron chi connectivity index (χ0n) is 13.5. The molecule has 130 valence electrons. The summed E-state index contributed by atoms with van der Waals surface area (Å²) in [5.74, 6) is 0.690. The third-order valence-corrected chi connectivity index (χ3v) is 6.14. The molecule has 0 aromatic carbocycles. The normalized spacial score (nSPS) is 24.4. The van der Waals surface area contributed by atoms with Gasteiger partial charge in [0.2, 0.25) is 15.9 Å². The van der Waals surface area contributed by atoms with E-state index in [-0.39, 0.29) is 30.1 Å². The minimum atomic E-state index is -3.19. The van der Waals surface area contributed by atoms with Crippen molar-refractivity contribution < 1.29 is 13.2 Å². The Labute approximate surface area is 140 Å². The zero-order valence-corrected chi connectivity index (χ0v) is 15.1. The molecule has 1 unspecified atom stereocenters. The average molecular weight is 354 g/mol. The van der Waals surface area contributed by atoms with E-state index in [2.05, 4.69) is 5.32 Å². The van der Waals surface area contributed by atoms with Gasteiger partial charge in [0.25, 0.3) is 0 Å². The topological polar surface area (TPSA) is 69.7 Å². The molecule has 0 aromatic rings. The second-order valence-electron chi connectivity index (χ2n) is 6.42. The smallest absolute Gasteiger partial charge is 0.236 e. The lowest BCUT2D eigenvalue weighted by molar-refractivity contribution is -0.135. The van der Waals surface area contributed by atoms with Crippen LogP contribution in [0.5, 0.6) is 0 Å². The molecule has 22 heavy (non-hydrogen) atoms. The van der Waals surface area contributed by atoms with E-state index in [0.717, 1.165) is 19.4 Å². The van der Waals surface area contributed by atoms with Crippen molar-refractivity contribution in [2.24, 2.45) is 5.92 Å². The van der Waals surface area contributed by atoms with Gasteiger partial charge in [-0.15, -0.1) is 12.4 Å². The fraction of sp³-hybridized carbons (Fsp3) is 0.929. The number of hydrogen-bond acceptors (Lipinski definition) is 4. The summed E-state index contributed by atoms with van der Waals surface area (Å²) in [6.07, 6.45) is 2.43. The molecule has 1 amide bonds. The Bertz CT molecular complexity index is 470. The third-order valence-electron chi connectivity index (χ3n) is 4.27. The molecule has 2 heterocycles. The van der Waals surface area contributed by atoms with Crippen LogP contribution in [0.4, 0.5) is 0 Å². The highest BCUT2D eigenvalue weighted by Crippen LogP contribution is 2.20. The van der Waals surface area contributed by atoms with Crippen LogP contribution in [0.1, 0.15) is 33.1 Å². The van der Waals surface area contributed by atoms with Crippen LogP contribution in [0.2, 0.25) is 0 Å². The van der Waals surface area contributed by atoms with Gasteiger partial charge in [0.05, 0.1) is 12.3 Å². The summed E-state index contributed by atoms with van der Waals surface area (Å²) in [4.78, 5) is 13.8. The largest absolute Gasteiger partial charge is 0.336 e. The molecule has 0 aliphatic carbocycles. The molecule has 2 saturated heterocycles. The highest BCUT2D eigenvalue weighted by Gasteiger charge is 2.34. The van der Waals surface area contributed by atoms with E-state index in [1.165, 1.54) is 0 Å². The first-order valence-electron chi connectivity index (χ1n) is 7.88. The summed E-state index contributed by atoms with van der Waals surface area (Å²) in [6, 6.07) is 0.0437. The van der Waals surface area contributed by atoms with Crippen molar-refractivity contribution in [3.05, 3.63) is 0 Å². The van der Waals surface area contributed by atoms with Gasteiger partial charge < -0.3 is 10.2 Å². The predicted molar refractivity (Wildman–Crippen MR) is 89.7 cm³/mol. The maximum atomic E-state index is 12.4. The molecular weight excluding hydrogens is 326 g/mol. The van der Waals surface area contributed by atoms with E-state index < -0.39 is 10.0 Å². The first-order chi connectivity index (χ1) is 9.90. The van der Waals surface area contributed by atoms with Crippen LogP contribution in [0.25, 0.3) is 0 Å². The second kappa shape index (κ2) is 8.47. The monoisotopic (exact) mass is 353 g/mol. The van der Waals surface area contributed by atoms with Crippen LogP contribution in [0.15, 0.2) is 0 Å². The molecule has 1 N–H and O–H groups in total. The lowest BCUT2D eigenvalue weighted by atomic mass is 10.1. The number of piperidine rings is 1. The van der Waals surface area contributed by atoms with Crippen molar-refractivity contribution >= 4 is 28.3 Å². The van der Waals surface area contributed by atoms with Crippen LogP contribution in [0, 0.1) is 5.92 Å². The highest BCUT2D eigenvalue weighted by molar-refractivity contribution is 7.89. The van der Waals surface area contributed by atoms with Gasteiger partial charge in [-0.25, -0.2) is 8.42 Å². The number of carbonyl (C=O) groups is 1. The number of sulfonamides is 1. The van der Waals surface area contributed by atoms with Gasteiger partial charge in [0, 0.05) is 32.2 Å². The van der Waals surface area contributed by atoms with Gasteiger partial charge >= 0.3 is 0 Å². The fourth-order valence-corrected chi connectivity index (χ4v) is 4.78. The minimum Gasteiger partial charge on any atom is -0.336 e. The van der Waals surface area contributed by atoms with Crippen molar-refractivity contribution in [2.75, 3.05) is 38.5 Å². The standard InChI is InChI=1S/C14H27N3O3S.ClH/c1-12(2)5-9-21(19,20)16-7-3-4-13(11-16)17-8-6-15-10-14(17)18;/h12-13,15H,3-11H2,1-2H3;1H. The number of carbonyl (C=O) groups excluding carboxylic acids is 1. The van der Waals surface area contributed by atoms with Crippen LogP contribution in [-0.2, 0) is 14.8 Å². The van der Waals surface area contributed by atoms with E-state index in [1.54, 1.807) is 4.31 Å². The SMILES string of the molecule is CC(C)CCS(=O)(=O)N1CCCC(N2CCNCC2=O)C1.Cl. The summed E-state index contributed by atoms with van der Waals surface area (Å²) < 4.78 is 26.4. The van der Waals surface area contributed by atoms with Crippen LogP contribution in [-0.4, -0.2) is 68.0 Å². The van der Waals surface area contributed by atoms with Crippen molar-refractivity contribution in [3.63, 3.8) is 0 Å². The number of piperazine rings is 1. The van der Waals surface area contributed by atoms with Gasteiger partial charge in [-0.3, -0.25) is 4.79 Å². The van der Waals surface area contributed by atoms with Crippen molar-refractivity contribution in [2.45, 2.75) is 39.2 Å². The average Bonchev–Trinajstić information content (AvgIpc) is 2.46. The number of hydrogen-bond donors (Lipinski definition) is 1. The maximum absolute atomic E-state index is 12.4. The van der Waals surface area contributed by atoms with Crippen LogP contribution < -0.4 is 5.32 Å². The Balaban J connectivity index is 0.00000242. The molecule has 2 rings (SSSR count). The van der Waals surface area contributed by atoms with E-state index in [4.69, 9.17) is 0 Å². The van der Waals surface area contributed by atoms with Gasteiger partial charge in [0.1, 0.15) is 0 Å². The summed E-state index contributed by atoms with van der Waals surface area (Å²) in [5.41, 5.74) is 0. The first kappa shape index (κ1) is 19.7. The van der Waals surface area contributed by atoms with Crippen molar-refractivity contribution in [1.29, 1.82) is 0 Å². The molecular formula is C14H28ClN3O3S. The molecule has 2 fully saturated rings. The Morgan fingerprint density at radius 2 is 2.05 bits per heavy atom. The lowest BCUT2D eigenvalue weighted by Gasteiger charge is -2.40. The predicted octanol–water partition coefficient (Wildman–Crippen LogP) is 0.680. The van der Waals surface area contributed by atoms with Gasteiger partial charge in [-0.1, -0.05) is 13.8 Å². The van der Waals surface area contributed by atoms with Crippen molar-refractivity contribution in [3.8, 4) is 0 Å². The summed E-state index contributed by atoms with van der Waals surface area (Å²) >= 11 is 0. The molecule has 8 heteroatoms. The second-order valence-corrected chi connectivity index (χ2v) is 8.50. The Hall–Kier alpha value is -0.370. The van der Waals surface area contributed by atoms with E-state index >= 15 is 0 Å². The van der Waals surface area contributed by atoms with E-state index in [9.17, 15) is 13.2 Å². The first-order valence-corrected chi connectivity index (χ1v) is 9.49. The fourth-order valence-electron chi connectivity index (χ4n) is 2.95. The molecule has 2 aliphatic rings. The number of rotatable bonds is 5. The zero-order chi connectivity index (χ0) is 15.5. The summed E-state index contributed by atoms with van der Waals surface area (Å²) in [5, 5.41) is 3.05. The van der Waals surface area contributed by atoms with E-state index in [1.807, 2.05) is 18.7 Å². The maximum Gasteiger partial charge on any atom is 0.236 e.